The first-order valence-corrected chi connectivity index (χ1v) is 11.1. The topological polar surface area (TPSA) is 71.2 Å². The molecular weight excluding hydrogens is 547 g/mol. The Morgan fingerprint density at radius 3 is 2.23 bits per heavy atom. The van der Waals surface area contributed by atoms with E-state index >= 15 is 0 Å². The number of amides is 1. The third-order valence-corrected chi connectivity index (χ3v) is 5.57. The lowest BCUT2D eigenvalue weighted by molar-refractivity contribution is -0.143. The maximum absolute atomic E-state index is 13.9. The van der Waals surface area contributed by atoms with E-state index in [-0.39, 0.29) is 24.8 Å². The van der Waals surface area contributed by atoms with Gasteiger partial charge in [0.15, 0.2) is 5.75 Å². The van der Waals surface area contributed by atoms with Gasteiger partial charge in [0.1, 0.15) is 5.82 Å². The second-order valence-electron chi connectivity index (χ2n) is 8.52. The van der Waals surface area contributed by atoms with Crippen LogP contribution in [-0.2, 0) is 12.4 Å². The van der Waals surface area contributed by atoms with E-state index in [1.54, 1.807) is 0 Å². The molecule has 1 aliphatic heterocycles. The van der Waals surface area contributed by atoms with Crippen LogP contribution in [0.3, 0.4) is 0 Å². The lowest BCUT2D eigenvalue weighted by atomic mass is 9.98. The number of alkyl halides is 8. The average molecular weight is 568 g/mol. The maximum atomic E-state index is 13.9. The number of nitrogens with zero attached hydrogens (tertiary/aromatic N) is 3. The van der Waals surface area contributed by atoms with Crippen molar-refractivity contribution in [2.45, 2.75) is 18.3 Å². The van der Waals surface area contributed by atoms with E-state index in [4.69, 9.17) is 10.5 Å². The van der Waals surface area contributed by atoms with Gasteiger partial charge in [-0.05, 0) is 36.4 Å². The molecule has 0 unspecified atom stereocenters. The molecular formula is C24H21F9N4O2. The molecule has 1 amide bonds. The lowest BCUT2D eigenvalue weighted by Crippen LogP contribution is -2.56. The molecule has 1 fully saturated rings. The summed E-state index contributed by atoms with van der Waals surface area (Å²) >= 11 is 0. The van der Waals surface area contributed by atoms with E-state index in [0.717, 1.165) is 37.5 Å². The summed E-state index contributed by atoms with van der Waals surface area (Å²) in [5.74, 6) is -4.78. The molecule has 2 aromatic rings. The molecule has 0 aliphatic carbocycles. The number of carbonyl (C=O) groups excluding carboxylic acids is 1. The van der Waals surface area contributed by atoms with E-state index in [1.165, 1.54) is 4.90 Å². The summed E-state index contributed by atoms with van der Waals surface area (Å²) < 4.78 is 126. The van der Waals surface area contributed by atoms with Crippen LogP contribution in [0.2, 0.25) is 0 Å². The molecule has 39 heavy (non-hydrogen) atoms. The highest BCUT2D eigenvalue weighted by molar-refractivity contribution is 6.11. The Bertz CT molecular complexity index is 1250. The van der Waals surface area contributed by atoms with Crippen molar-refractivity contribution in [1.82, 2.24) is 4.90 Å². The van der Waals surface area contributed by atoms with Crippen molar-refractivity contribution in [1.29, 1.82) is 0 Å². The Labute approximate surface area is 216 Å². The van der Waals surface area contributed by atoms with Crippen LogP contribution in [0.15, 0.2) is 47.6 Å². The number of anilines is 1. The third-order valence-electron chi connectivity index (χ3n) is 5.57. The van der Waals surface area contributed by atoms with Crippen LogP contribution in [0.1, 0.15) is 16.7 Å². The predicted molar refractivity (Wildman–Crippen MR) is 124 cm³/mol. The first-order chi connectivity index (χ1) is 18.0. The number of hydrogen-bond donors (Lipinski definition) is 1. The number of allylic oxidation sites excluding steroid dienone is 1. The summed E-state index contributed by atoms with van der Waals surface area (Å²) in [7, 11) is 1.09. The number of rotatable bonds is 7. The van der Waals surface area contributed by atoms with Crippen LogP contribution in [0, 0.1) is 5.82 Å². The van der Waals surface area contributed by atoms with Crippen molar-refractivity contribution < 1.29 is 49.0 Å². The maximum Gasteiger partial charge on any atom is 0.420 e. The van der Waals surface area contributed by atoms with Gasteiger partial charge in [-0.15, -0.1) is 0 Å². The highest BCUT2D eigenvalue weighted by atomic mass is 19.4. The number of nitrogens with two attached hydrogens (primary N) is 1. The van der Waals surface area contributed by atoms with E-state index in [1.807, 2.05) is 0 Å². The summed E-state index contributed by atoms with van der Waals surface area (Å²) in [6, 6.07) is 4.30. The molecule has 1 heterocycles. The molecule has 2 aromatic carbocycles. The normalized spacial score (nSPS) is 16.3. The Kier molecular flexibility index (Phi) is 8.53. The molecule has 2 N–H and O–H groups in total. The molecule has 0 saturated carbocycles. The fraction of sp³-hybridized carbons (Fsp3) is 0.333. The van der Waals surface area contributed by atoms with Gasteiger partial charge in [-0.3, -0.25) is 14.8 Å². The number of ether oxygens (including phenoxy) is 1. The van der Waals surface area contributed by atoms with Crippen molar-refractivity contribution in [2.75, 3.05) is 38.1 Å². The van der Waals surface area contributed by atoms with Crippen LogP contribution in [0.25, 0.3) is 5.57 Å². The molecule has 1 aliphatic rings. The third kappa shape index (κ3) is 7.43. The minimum absolute atomic E-state index is 0.0103. The SMILES string of the molecule is CN(C(=O)Oc1c(C(C=NCCN2CC(F)(F)C2)=CN)cc(C(F)(F)F)cc1C(F)(F)F)c1ccc(F)cc1. The van der Waals surface area contributed by atoms with Crippen molar-refractivity contribution >= 4 is 23.6 Å². The minimum atomic E-state index is -5.40. The minimum Gasteiger partial charge on any atom is -0.409 e. The van der Waals surface area contributed by atoms with E-state index < -0.39 is 71.3 Å². The molecule has 212 valence electrons. The van der Waals surface area contributed by atoms with E-state index in [9.17, 15) is 44.3 Å². The highest BCUT2D eigenvalue weighted by Gasteiger charge is 2.43. The average Bonchev–Trinajstić information content (AvgIpc) is 2.81. The smallest absolute Gasteiger partial charge is 0.409 e. The van der Waals surface area contributed by atoms with Gasteiger partial charge in [-0.2, -0.15) is 26.3 Å². The second kappa shape index (κ2) is 11.2. The monoisotopic (exact) mass is 568 g/mol. The number of hydrogen-bond acceptors (Lipinski definition) is 5. The fourth-order valence-electron chi connectivity index (χ4n) is 3.58. The van der Waals surface area contributed by atoms with Crippen molar-refractivity contribution in [2.24, 2.45) is 10.7 Å². The van der Waals surface area contributed by atoms with Crippen molar-refractivity contribution in [3.63, 3.8) is 0 Å². The van der Waals surface area contributed by atoms with Crippen LogP contribution >= 0.6 is 0 Å². The zero-order valence-electron chi connectivity index (χ0n) is 20.1. The molecule has 0 bridgehead atoms. The molecule has 0 atom stereocenters. The molecule has 1 saturated heterocycles. The first-order valence-electron chi connectivity index (χ1n) is 11.1. The summed E-state index contributed by atoms with van der Waals surface area (Å²) in [6.07, 6.45) is -10.5. The summed E-state index contributed by atoms with van der Waals surface area (Å²) in [4.78, 5) is 18.6. The lowest BCUT2D eigenvalue weighted by Gasteiger charge is -2.38. The zero-order valence-corrected chi connectivity index (χ0v) is 20.1. The summed E-state index contributed by atoms with van der Waals surface area (Å²) in [5.41, 5.74) is 0.574. The van der Waals surface area contributed by atoms with Crippen LogP contribution in [0.5, 0.6) is 5.75 Å². The second-order valence-corrected chi connectivity index (χ2v) is 8.52. The van der Waals surface area contributed by atoms with Gasteiger partial charge in [0, 0.05) is 42.8 Å². The van der Waals surface area contributed by atoms with Crippen LogP contribution in [0.4, 0.5) is 50.0 Å². The van der Waals surface area contributed by atoms with Gasteiger partial charge in [0.2, 0.25) is 0 Å². The predicted octanol–water partition coefficient (Wildman–Crippen LogP) is 5.82. The largest absolute Gasteiger partial charge is 0.420 e. The van der Waals surface area contributed by atoms with Gasteiger partial charge in [-0.1, -0.05) is 0 Å². The van der Waals surface area contributed by atoms with Crippen molar-refractivity contribution in [3.05, 3.63) is 65.1 Å². The Morgan fingerprint density at radius 1 is 1.10 bits per heavy atom. The van der Waals surface area contributed by atoms with Gasteiger partial charge in [0.25, 0.3) is 5.92 Å². The molecule has 0 spiro atoms. The van der Waals surface area contributed by atoms with Gasteiger partial charge < -0.3 is 10.5 Å². The number of halogens is 9. The fourth-order valence-corrected chi connectivity index (χ4v) is 3.58. The van der Waals surface area contributed by atoms with Gasteiger partial charge in [0.05, 0.1) is 30.8 Å². The molecule has 0 aromatic heterocycles. The highest BCUT2D eigenvalue weighted by Crippen LogP contribution is 2.44. The molecule has 3 rings (SSSR count). The van der Waals surface area contributed by atoms with E-state index in [0.29, 0.717) is 17.2 Å². The first kappa shape index (κ1) is 29.8. The van der Waals surface area contributed by atoms with Gasteiger partial charge in [-0.25, -0.2) is 18.0 Å². The van der Waals surface area contributed by atoms with Gasteiger partial charge >= 0.3 is 18.4 Å². The number of carbonyl (C=O) groups is 1. The molecule has 15 heteroatoms. The Balaban J connectivity index is 2.00. The molecule has 0 radical (unpaired) electrons. The number of aliphatic imine (C=N–C) groups is 1. The quantitative estimate of drug-likeness (QED) is 0.338. The summed E-state index contributed by atoms with van der Waals surface area (Å²) in [6.45, 7) is -1.09. The van der Waals surface area contributed by atoms with E-state index in [2.05, 4.69) is 4.99 Å². The zero-order chi connectivity index (χ0) is 29.2. The Morgan fingerprint density at radius 2 is 1.72 bits per heavy atom. The van der Waals surface area contributed by atoms with Crippen molar-refractivity contribution in [3.8, 4) is 5.75 Å². The van der Waals surface area contributed by atoms with Crippen LogP contribution < -0.4 is 15.4 Å². The van der Waals surface area contributed by atoms with Crippen LogP contribution in [-0.4, -0.2) is 56.4 Å². The Hall–Kier alpha value is -3.75. The standard InChI is InChI=1S/C24H21F9N4O2/c1-36(17-4-2-16(25)3-5-17)21(38)39-20-18(8-15(23(28,29)30)9-19(20)24(31,32)33)14(10-34)11-35-6-7-37-12-22(26,27)13-37/h2-5,8-11H,6-7,12-13,34H2,1H3. The summed E-state index contributed by atoms with van der Waals surface area (Å²) in [5, 5.41) is 0. The molecule has 6 nitrogen and oxygen atoms in total. The number of benzene rings is 2. The number of likely N-dealkylation sites (tertiary alicyclic amines) is 1.